The predicted octanol–water partition coefficient (Wildman–Crippen LogP) is 4.60. The Morgan fingerprint density at radius 1 is 0.882 bits per heavy atom. The largest absolute Gasteiger partial charge is 0.490 e. The number of amides is 1. The minimum atomic E-state index is -5.80. The summed E-state index contributed by atoms with van der Waals surface area (Å²) in [6, 6.07) is 8.99. The molecule has 5 atom stereocenters. The van der Waals surface area contributed by atoms with Crippen molar-refractivity contribution in [2.75, 3.05) is 31.1 Å². The van der Waals surface area contributed by atoms with Gasteiger partial charge in [0, 0.05) is 73.1 Å². The number of phosphoric ester groups is 1. The molecule has 2 aromatic carbocycles. The Labute approximate surface area is 436 Å². The highest BCUT2D eigenvalue weighted by molar-refractivity contribution is 7.86. The van der Waals surface area contributed by atoms with Gasteiger partial charge in [-0.1, -0.05) is 44.2 Å². The Kier molecular flexibility index (Phi) is 18.5. The van der Waals surface area contributed by atoms with Crippen molar-refractivity contribution in [1.29, 1.82) is 0 Å². The van der Waals surface area contributed by atoms with Crippen molar-refractivity contribution in [1.82, 2.24) is 14.9 Å². The second kappa shape index (κ2) is 23.2. The molecule has 9 N–H and O–H groups in total. The molecule has 1 saturated heterocycles. The number of fused-ring (bicyclic) bond motifs is 2. The smallest absolute Gasteiger partial charge is 0.390 e. The topological polar surface area (TPSA) is 388 Å². The number of phosphoric acid groups is 3. The molecule has 76 heavy (non-hydrogen) atoms. The Hall–Kier alpha value is -4.83. The third kappa shape index (κ3) is 14.6. The number of nitrogens with one attached hydrogen (secondary N) is 2. The van der Waals surface area contributed by atoms with Gasteiger partial charge in [0.1, 0.15) is 18.9 Å². The van der Waals surface area contributed by atoms with Crippen LogP contribution in [0.15, 0.2) is 104 Å². The van der Waals surface area contributed by atoms with Gasteiger partial charge in [-0.05, 0) is 75.6 Å². The molecular weight excluding hydrogens is 1100 g/mol. The van der Waals surface area contributed by atoms with E-state index in [0.717, 1.165) is 39.1 Å². The van der Waals surface area contributed by atoms with E-state index in [1.807, 2.05) is 65.0 Å². The molecule has 3 aliphatic heterocycles. The van der Waals surface area contributed by atoms with Gasteiger partial charge in [0.2, 0.25) is 11.6 Å². The Balaban J connectivity index is 1.05. The van der Waals surface area contributed by atoms with Crippen molar-refractivity contribution in [2.24, 2.45) is 0 Å². The third-order valence-electron chi connectivity index (χ3n) is 12.7. The lowest BCUT2D eigenvalue weighted by Crippen LogP contribution is -2.33. The molecular formula is C45H59N5O21P3S2+. The average Bonchev–Trinajstić information content (AvgIpc) is 3.84. The van der Waals surface area contributed by atoms with E-state index in [4.69, 9.17) is 14.5 Å². The first-order chi connectivity index (χ1) is 35.1. The number of ether oxygens (including phenoxy) is 1. The van der Waals surface area contributed by atoms with Gasteiger partial charge < -0.3 is 39.6 Å². The molecule has 4 heterocycles. The van der Waals surface area contributed by atoms with Crippen LogP contribution in [0.4, 0.5) is 11.4 Å². The quantitative estimate of drug-likeness (QED) is 0.0206. The summed E-state index contributed by atoms with van der Waals surface area (Å²) in [5.74, 6) is -0.295. The van der Waals surface area contributed by atoms with Crippen LogP contribution in [0.2, 0.25) is 0 Å². The van der Waals surface area contributed by atoms with Crippen LogP contribution in [0.3, 0.4) is 0 Å². The first kappa shape index (κ1) is 60.4. The lowest BCUT2D eigenvalue weighted by molar-refractivity contribution is -0.438. The number of carbonyl (C=O) groups is 1. The van der Waals surface area contributed by atoms with Gasteiger partial charge in [-0.15, -0.1) is 0 Å². The molecule has 0 radical (unpaired) electrons. The average molecular weight is 1160 g/mol. The Bertz CT molecular complexity index is 3420. The van der Waals surface area contributed by atoms with E-state index in [2.05, 4.69) is 32.9 Å². The van der Waals surface area contributed by atoms with Crippen LogP contribution >= 0.6 is 23.5 Å². The number of hydrogen-bond acceptors (Lipinski definition) is 16. The number of aliphatic hydroxyl groups is 1. The molecule has 2 unspecified atom stereocenters. The zero-order valence-corrected chi connectivity index (χ0v) is 45.8. The maximum absolute atomic E-state index is 12.8. The van der Waals surface area contributed by atoms with Crippen molar-refractivity contribution in [3.63, 3.8) is 0 Å². The highest BCUT2D eigenvalue weighted by atomic mass is 32.2. The molecule has 3 aromatic rings. The fourth-order valence-corrected chi connectivity index (χ4v) is 13.1. The summed E-state index contributed by atoms with van der Waals surface area (Å²) in [6.45, 7) is 9.90. The number of allylic oxidation sites excluding steroid dienone is 6. The monoisotopic (exact) mass is 1160 g/mol. The fraction of sp³-hybridized carbons (Fsp3) is 0.422. The van der Waals surface area contributed by atoms with Gasteiger partial charge in [-0.25, -0.2) is 18.5 Å². The molecule has 1 aromatic heterocycles. The van der Waals surface area contributed by atoms with Crippen LogP contribution in [0, 0.1) is 0 Å². The lowest BCUT2D eigenvalue weighted by atomic mass is 9.81. The molecule has 0 spiro atoms. The van der Waals surface area contributed by atoms with Crippen LogP contribution < -0.4 is 21.5 Å². The summed E-state index contributed by atoms with van der Waals surface area (Å²) in [6.07, 6.45) is 10.7. The number of nitrogens with zero attached hydrogens (tertiary/aromatic N) is 3. The molecule has 26 nitrogen and oxygen atoms in total. The number of aliphatic hydroxyl groups excluding tert-OH is 1. The highest BCUT2D eigenvalue weighted by Gasteiger charge is 2.46. The van der Waals surface area contributed by atoms with E-state index in [1.165, 1.54) is 36.4 Å². The molecule has 1 fully saturated rings. The maximum Gasteiger partial charge on any atom is 0.490 e. The van der Waals surface area contributed by atoms with E-state index in [9.17, 15) is 68.9 Å². The molecule has 0 aliphatic carbocycles. The number of aromatic amines is 1. The molecule has 31 heteroatoms. The number of benzene rings is 2. The van der Waals surface area contributed by atoms with Crippen LogP contribution in [-0.4, -0.2) is 115 Å². The SMILES string of the molecule is CCN1C(=CC=CC=CC2=[N+](CCCCCC(=O)NC/C=C/c3cn([C@H]4C[C@H](O)[C@@H](COP(=O)(O)OP(=O)(O)OP(=O)(O)O)O4)c(=O)[nH]c3=O)c3ccc(S(=O)(=O)O)cc3C2(C)C)C(C)(C)c2cc(S(=O)(=O)O)ccc21. The number of carbonyl (C=O) groups excluding carboxylic acids is 1. The van der Waals surface area contributed by atoms with Crippen molar-refractivity contribution in [3.8, 4) is 0 Å². The predicted molar refractivity (Wildman–Crippen MR) is 274 cm³/mol. The van der Waals surface area contributed by atoms with Crippen molar-refractivity contribution in [3.05, 3.63) is 122 Å². The number of aromatic nitrogens is 2. The molecule has 1 amide bonds. The van der Waals surface area contributed by atoms with Crippen LogP contribution in [0.1, 0.15) is 89.6 Å². The van der Waals surface area contributed by atoms with Crippen LogP contribution in [0.25, 0.3) is 6.08 Å². The molecule has 3 aliphatic rings. The second-order valence-corrected chi connectivity index (χ2v) is 26.0. The number of anilines is 1. The Morgan fingerprint density at radius 3 is 2.18 bits per heavy atom. The molecule has 0 saturated carbocycles. The fourth-order valence-electron chi connectivity index (χ4n) is 9.09. The minimum Gasteiger partial charge on any atom is -0.390 e. The van der Waals surface area contributed by atoms with Gasteiger partial charge in [0.25, 0.3) is 25.8 Å². The van der Waals surface area contributed by atoms with Gasteiger partial charge >= 0.3 is 29.2 Å². The van der Waals surface area contributed by atoms with Crippen LogP contribution in [-0.2, 0) is 67.4 Å². The summed E-state index contributed by atoms with van der Waals surface area (Å²) in [5, 5.41) is 13.2. The van der Waals surface area contributed by atoms with E-state index in [1.54, 1.807) is 12.1 Å². The highest BCUT2D eigenvalue weighted by Crippen LogP contribution is 2.66. The first-order valence-corrected chi connectivity index (χ1v) is 30.7. The van der Waals surface area contributed by atoms with Crippen molar-refractivity contribution < 1.29 is 91.6 Å². The zero-order chi connectivity index (χ0) is 56.4. The maximum atomic E-state index is 12.8. The van der Waals surface area contributed by atoms with Crippen molar-refractivity contribution in [2.45, 2.75) is 106 Å². The summed E-state index contributed by atoms with van der Waals surface area (Å²) in [4.78, 5) is 78.3. The van der Waals surface area contributed by atoms with Crippen molar-refractivity contribution >= 4 is 72.8 Å². The number of H-pyrrole nitrogens is 1. The van der Waals surface area contributed by atoms with Gasteiger partial charge in [-0.3, -0.25) is 32.8 Å². The van der Waals surface area contributed by atoms with Gasteiger partial charge in [0.15, 0.2) is 5.71 Å². The van der Waals surface area contributed by atoms with E-state index >= 15 is 0 Å². The minimum absolute atomic E-state index is 0.0136. The van der Waals surface area contributed by atoms with E-state index < -0.39 is 90.8 Å². The standard InChI is InChI=1S/C45H58N5O21P3S2/c1-6-48-34-20-18-30(75(62,63)64)24-32(34)44(2,3)38(48)15-9-7-10-16-39-45(4,5)33-25-31(76(65,66)67)19-21-35(33)49(39)23-12-8-11-17-40(52)46-22-13-14-29-27-50(43(54)47-42(29)53)41-26-36(51)37(69-41)28-68-73(58,59)71-74(60,61)70-72(55,56)57/h7,9-10,13-16,18-21,24-25,27,36-37,41,51H,6,8,11-12,17,22-23,26,28H2,1-5H3,(H7-,46,47,52,53,54,55,56,57,58,59,60,61,62,63,64,65,66,67)/p+1/b14-13+/t36-,37+,41+/m0/s1. The summed E-state index contributed by atoms with van der Waals surface area (Å²) in [5.41, 5.74) is 1.64. The molecule has 416 valence electrons. The lowest BCUT2D eigenvalue weighted by Gasteiger charge is -2.25. The molecule has 6 rings (SSSR count). The summed E-state index contributed by atoms with van der Waals surface area (Å²) < 4.78 is 123. The number of hydrogen-bond donors (Lipinski definition) is 9. The first-order valence-electron chi connectivity index (χ1n) is 23.3. The van der Waals surface area contributed by atoms with Gasteiger partial charge in [0.05, 0.1) is 33.5 Å². The normalized spacial score (nSPS) is 21.7. The summed E-state index contributed by atoms with van der Waals surface area (Å²) in [7, 11) is -25.9. The number of likely N-dealkylation sites (N-methyl/N-ethyl adjacent to an activating group) is 1. The Morgan fingerprint density at radius 2 is 1.54 bits per heavy atom. The summed E-state index contributed by atoms with van der Waals surface area (Å²) >= 11 is 0. The van der Waals surface area contributed by atoms with E-state index in [0.29, 0.717) is 37.9 Å². The zero-order valence-electron chi connectivity index (χ0n) is 41.5. The third-order valence-corrected chi connectivity index (χ3v) is 18.2. The van der Waals surface area contributed by atoms with Crippen LogP contribution in [0.5, 0.6) is 0 Å². The molecule has 0 bridgehead atoms. The van der Waals surface area contributed by atoms with E-state index in [-0.39, 0.29) is 40.6 Å². The number of unbranched alkanes of at least 4 members (excludes halogenated alkanes) is 2. The van der Waals surface area contributed by atoms with Gasteiger partial charge in [-0.2, -0.15) is 30.0 Å². The second-order valence-electron chi connectivity index (χ2n) is 18.7. The number of rotatable bonds is 23.